The van der Waals surface area contributed by atoms with Gasteiger partial charge in [-0.2, -0.15) is 5.26 Å². The van der Waals surface area contributed by atoms with E-state index >= 15 is 0 Å². The Morgan fingerprint density at radius 1 is 1.42 bits per heavy atom. The van der Waals surface area contributed by atoms with Crippen molar-refractivity contribution in [3.05, 3.63) is 0 Å². The maximum atomic E-state index is 11.9. The summed E-state index contributed by atoms with van der Waals surface area (Å²) >= 11 is 0. The predicted molar refractivity (Wildman–Crippen MR) is 69.8 cm³/mol. The molecule has 0 aromatic heterocycles. The fourth-order valence-corrected chi connectivity index (χ4v) is 3.32. The van der Waals surface area contributed by atoms with Gasteiger partial charge in [-0.25, -0.2) is 0 Å². The number of nitrogens with one attached hydrogen (secondary N) is 1. The molecule has 0 aromatic carbocycles. The van der Waals surface area contributed by atoms with Crippen molar-refractivity contribution in [1.29, 1.82) is 5.26 Å². The van der Waals surface area contributed by atoms with E-state index in [0.717, 1.165) is 19.3 Å². The Labute approximate surface area is 113 Å². The highest BCUT2D eigenvalue weighted by Crippen LogP contribution is 2.33. The maximum Gasteiger partial charge on any atom is 0.243 e. The summed E-state index contributed by atoms with van der Waals surface area (Å²) in [5.41, 5.74) is 0. The van der Waals surface area contributed by atoms with Crippen LogP contribution >= 0.6 is 0 Å². The van der Waals surface area contributed by atoms with Crippen LogP contribution in [0.25, 0.3) is 0 Å². The zero-order valence-electron chi connectivity index (χ0n) is 11.6. The summed E-state index contributed by atoms with van der Waals surface area (Å²) in [5.74, 6) is 0.0226. The highest BCUT2D eigenvalue weighted by molar-refractivity contribution is 6.01. The number of imide groups is 1. The molecule has 4 atom stereocenters. The highest BCUT2D eigenvalue weighted by atomic mass is 16.2. The lowest BCUT2D eigenvalue weighted by molar-refractivity contribution is -0.143. The van der Waals surface area contributed by atoms with E-state index in [1.165, 1.54) is 0 Å². The Bertz CT molecular complexity index is 415. The van der Waals surface area contributed by atoms with Crippen molar-refractivity contribution >= 4 is 11.8 Å². The Morgan fingerprint density at radius 2 is 2.16 bits per heavy atom. The predicted octanol–water partition coefficient (Wildman–Crippen LogP) is 1.05. The number of amides is 2. The summed E-state index contributed by atoms with van der Waals surface area (Å²) in [6.45, 7) is 4.36. The van der Waals surface area contributed by atoms with E-state index in [1.807, 2.05) is 11.8 Å². The third-order valence-electron chi connectivity index (χ3n) is 4.35. The number of hydrogen-bond acceptors (Lipinski definition) is 4. The van der Waals surface area contributed by atoms with Gasteiger partial charge in [0.2, 0.25) is 11.8 Å². The Balaban J connectivity index is 2.22. The molecule has 2 aliphatic rings. The minimum Gasteiger partial charge on any atom is -0.294 e. The van der Waals surface area contributed by atoms with Gasteiger partial charge in [-0.3, -0.25) is 19.8 Å². The van der Waals surface area contributed by atoms with E-state index in [9.17, 15) is 14.9 Å². The van der Waals surface area contributed by atoms with Gasteiger partial charge in [-0.1, -0.05) is 13.8 Å². The number of carbonyl (C=O) groups excluding carboxylic acids is 2. The van der Waals surface area contributed by atoms with Crippen LogP contribution in [0.15, 0.2) is 0 Å². The lowest BCUT2D eigenvalue weighted by Gasteiger charge is -2.44. The topological polar surface area (TPSA) is 73.2 Å². The van der Waals surface area contributed by atoms with Crippen LogP contribution in [-0.2, 0) is 9.59 Å². The van der Waals surface area contributed by atoms with Gasteiger partial charge in [0, 0.05) is 6.04 Å². The Hall–Kier alpha value is -1.41. The van der Waals surface area contributed by atoms with Gasteiger partial charge in [-0.05, 0) is 31.6 Å². The number of nitriles is 1. The van der Waals surface area contributed by atoms with E-state index in [1.54, 1.807) is 0 Å². The molecular weight excluding hydrogens is 242 g/mol. The molecule has 0 radical (unpaired) electrons. The lowest BCUT2D eigenvalue weighted by Crippen LogP contribution is -2.62. The first kappa shape index (κ1) is 14.0. The van der Waals surface area contributed by atoms with Crippen molar-refractivity contribution in [3.63, 3.8) is 0 Å². The number of nitrogens with zero attached hydrogens (tertiary/aromatic N) is 2. The van der Waals surface area contributed by atoms with Gasteiger partial charge in [0.25, 0.3) is 0 Å². The van der Waals surface area contributed by atoms with E-state index in [0.29, 0.717) is 12.3 Å². The number of carbonyl (C=O) groups is 2. The molecule has 2 fully saturated rings. The average Bonchev–Trinajstić information content (AvgIpc) is 2.37. The van der Waals surface area contributed by atoms with Gasteiger partial charge < -0.3 is 0 Å². The van der Waals surface area contributed by atoms with Crippen LogP contribution in [-0.4, -0.2) is 35.3 Å². The SMILES string of the molecule is CCC1C(=O)NC(=O)CN1C1CC(C)CCC1C#N. The van der Waals surface area contributed by atoms with Crippen molar-refractivity contribution in [2.75, 3.05) is 6.54 Å². The van der Waals surface area contributed by atoms with Crippen molar-refractivity contribution in [1.82, 2.24) is 10.2 Å². The number of piperazine rings is 1. The molecule has 1 aliphatic carbocycles. The average molecular weight is 263 g/mol. The second-order valence-electron chi connectivity index (χ2n) is 5.73. The van der Waals surface area contributed by atoms with Gasteiger partial charge in [0.15, 0.2) is 0 Å². The molecule has 104 valence electrons. The molecule has 1 aliphatic heterocycles. The molecule has 1 saturated heterocycles. The first-order chi connectivity index (χ1) is 9.06. The molecule has 5 nitrogen and oxygen atoms in total. The molecule has 0 bridgehead atoms. The quantitative estimate of drug-likeness (QED) is 0.756. The van der Waals surface area contributed by atoms with E-state index in [4.69, 9.17) is 0 Å². The molecule has 1 heterocycles. The van der Waals surface area contributed by atoms with Crippen molar-refractivity contribution in [2.24, 2.45) is 11.8 Å². The van der Waals surface area contributed by atoms with Gasteiger partial charge in [0.1, 0.15) is 0 Å². The third kappa shape index (κ3) is 2.79. The molecule has 0 spiro atoms. The van der Waals surface area contributed by atoms with Crippen molar-refractivity contribution < 1.29 is 9.59 Å². The molecule has 2 amide bonds. The molecule has 2 rings (SSSR count). The Kier molecular flexibility index (Phi) is 4.20. The second kappa shape index (κ2) is 5.70. The zero-order chi connectivity index (χ0) is 14.0. The summed E-state index contributed by atoms with van der Waals surface area (Å²) in [6.07, 6.45) is 3.49. The largest absolute Gasteiger partial charge is 0.294 e. The maximum absolute atomic E-state index is 11.9. The van der Waals surface area contributed by atoms with E-state index in [-0.39, 0.29) is 36.4 Å². The summed E-state index contributed by atoms with van der Waals surface area (Å²) in [6, 6.07) is 2.12. The standard InChI is InChI=1S/C14H21N3O2/c1-3-11-14(19)16-13(18)8-17(11)12-6-9(2)4-5-10(12)7-15/h9-12H,3-6,8H2,1-2H3,(H,16,18,19). The van der Waals surface area contributed by atoms with Crippen LogP contribution < -0.4 is 5.32 Å². The van der Waals surface area contributed by atoms with E-state index < -0.39 is 0 Å². The third-order valence-corrected chi connectivity index (χ3v) is 4.35. The fraction of sp³-hybridized carbons (Fsp3) is 0.786. The van der Waals surface area contributed by atoms with Gasteiger partial charge in [-0.15, -0.1) is 0 Å². The summed E-state index contributed by atoms with van der Waals surface area (Å²) in [4.78, 5) is 25.5. The van der Waals surface area contributed by atoms with Gasteiger partial charge in [0.05, 0.1) is 24.6 Å². The van der Waals surface area contributed by atoms with Gasteiger partial charge >= 0.3 is 0 Å². The van der Waals surface area contributed by atoms with Crippen LogP contribution in [0.1, 0.15) is 39.5 Å². The first-order valence-electron chi connectivity index (χ1n) is 7.05. The van der Waals surface area contributed by atoms with Crippen LogP contribution in [0.3, 0.4) is 0 Å². The van der Waals surface area contributed by atoms with E-state index in [2.05, 4.69) is 18.3 Å². The normalized spacial score (nSPS) is 36.7. The molecule has 0 aromatic rings. The summed E-state index contributed by atoms with van der Waals surface area (Å²) in [7, 11) is 0. The van der Waals surface area contributed by atoms with Crippen LogP contribution in [0.5, 0.6) is 0 Å². The molecule has 5 heteroatoms. The number of rotatable bonds is 2. The minimum absolute atomic E-state index is 0.0358. The highest BCUT2D eigenvalue weighted by Gasteiger charge is 2.41. The number of hydrogen-bond donors (Lipinski definition) is 1. The van der Waals surface area contributed by atoms with Crippen molar-refractivity contribution in [2.45, 2.75) is 51.6 Å². The fourth-order valence-electron chi connectivity index (χ4n) is 3.32. The lowest BCUT2D eigenvalue weighted by atomic mass is 9.78. The van der Waals surface area contributed by atoms with Crippen LogP contribution in [0.2, 0.25) is 0 Å². The Morgan fingerprint density at radius 3 is 2.79 bits per heavy atom. The molecule has 19 heavy (non-hydrogen) atoms. The molecule has 4 unspecified atom stereocenters. The monoisotopic (exact) mass is 263 g/mol. The van der Waals surface area contributed by atoms with Crippen molar-refractivity contribution in [3.8, 4) is 6.07 Å². The molecule has 1 N–H and O–H groups in total. The van der Waals surface area contributed by atoms with Crippen LogP contribution in [0, 0.1) is 23.2 Å². The summed E-state index contributed by atoms with van der Waals surface area (Å²) in [5, 5.41) is 11.7. The second-order valence-corrected chi connectivity index (χ2v) is 5.73. The molecule has 1 saturated carbocycles. The first-order valence-corrected chi connectivity index (χ1v) is 7.05. The zero-order valence-corrected chi connectivity index (χ0v) is 11.6. The smallest absolute Gasteiger partial charge is 0.243 e. The minimum atomic E-state index is -0.274. The summed E-state index contributed by atoms with van der Waals surface area (Å²) < 4.78 is 0. The van der Waals surface area contributed by atoms with Crippen LogP contribution in [0.4, 0.5) is 0 Å². The molecular formula is C14H21N3O2.